The first-order valence-corrected chi connectivity index (χ1v) is 6.79. The highest BCUT2D eigenvalue weighted by atomic mass is 16.5. The van der Waals surface area contributed by atoms with Gasteiger partial charge in [0.15, 0.2) is 6.10 Å². The third kappa shape index (κ3) is 6.91. The van der Waals surface area contributed by atoms with Gasteiger partial charge in [0.05, 0.1) is 13.2 Å². The molecule has 0 spiro atoms. The third-order valence-electron chi connectivity index (χ3n) is 2.98. The van der Waals surface area contributed by atoms with Crippen molar-refractivity contribution in [3.05, 3.63) is 0 Å². The van der Waals surface area contributed by atoms with E-state index in [1.807, 2.05) is 0 Å². The Labute approximate surface area is 122 Å². The van der Waals surface area contributed by atoms with Gasteiger partial charge in [-0.2, -0.15) is 0 Å². The number of morpholine rings is 1. The molecule has 0 bridgehead atoms. The molecule has 1 aliphatic heterocycles. The van der Waals surface area contributed by atoms with Crippen LogP contribution in [-0.2, 0) is 14.3 Å². The number of nitrogens with zero attached hydrogens (tertiary/aromatic N) is 1. The first-order valence-electron chi connectivity index (χ1n) is 6.79. The van der Waals surface area contributed by atoms with Crippen LogP contribution in [-0.4, -0.2) is 78.5 Å². The highest BCUT2D eigenvalue weighted by Crippen LogP contribution is 1.99. The average molecular weight is 303 g/mol. The molecule has 9 heteroatoms. The predicted molar refractivity (Wildman–Crippen MR) is 71.7 cm³/mol. The number of carboxylic acids is 1. The van der Waals surface area contributed by atoms with E-state index in [0.29, 0.717) is 26.3 Å². The van der Waals surface area contributed by atoms with E-state index in [4.69, 9.17) is 14.9 Å². The number of aliphatic hydroxyl groups excluding tert-OH is 1. The van der Waals surface area contributed by atoms with Crippen molar-refractivity contribution in [2.75, 3.05) is 39.4 Å². The van der Waals surface area contributed by atoms with Gasteiger partial charge in [-0.05, 0) is 0 Å². The summed E-state index contributed by atoms with van der Waals surface area (Å²) in [4.78, 5) is 35.1. The number of carbonyl (C=O) groups is 3. The van der Waals surface area contributed by atoms with Gasteiger partial charge in [0, 0.05) is 39.0 Å². The fourth-order valence-electron chi connectivity index (χ4n) is 1.76. The van der Waals surface area contributed by atoms with Gasteiger partial charge in [-0.25, -0.2) is 9.59 Å². The summed E-state index contributed by atoms with van der Waals surface area (Å²) < 4.78 is 5.14. The molecule has 120 valence electrons. The molecule has 0 unspecified atom stereocenters. The van der Waals surface area contributed by atoms with Crippen molar-refractivity contribution in [2.24, 2.45) is 0 Å². The second-order valence-corrected chi connectivity index (χ2v) is 4.57. The minimum atomic E-state index is -1.49. The summed E-state index contributed by atoms with van der Waals surface area (Å²) in [6.45, 7) is 2.44. The molecule has 1 rings (SSSR count). The summed E-state index contributed by atoms with van der Waals surface area (Å²) in [5.41, 5.74) is 0. The second-order valence-electron chi connectivity index (χ2n) is 4.57. The molecule has 1 fully saturated rings. The summed E-state index contributed by atoms with van der Waals surface area (Å²) in [6.07, 6.45) is -1.37. The van der Waals surface area contributed by atoms with Gasteiger partial charge in [-0.1, -0.05) is 0 Å². The molecule has 4 N–H and O–H groups in total. The number of carbonyl (C=O) groups excluding carboxylic acids is 2. The van der Waals surface area contributed by atoms with E-state index in [1.54, 1.807) is 4.90 Å². The van der Waals surface area contributed by atoms with Crippen LogP contribution in [0.2, 0.25) is 0 Å². The number of aliphatic carboxylic acids is 1. The summed E-state index contributed by atoms with van der Waals surface area (Å²) in [6, 6.07) is -0.498. The maximum atomic E-state index is 11.8. The fourth-order valence-corrected chi connectivity index (χ4v) is 1.76. The molecular weight excluding hydrogens is 282 g/mol. The Kier molecular flexibility index (Phi) is 7.48. The first kappa shape index (κ1) is 17.2. The lowest BCUT2D eigenvalue weighted by Gasteiger charge is -2.26. The van der Waals surface area contributed by atoms with E-state index in [9.17, 15) is 14.4 Å². The van der Waals surface area contributed by atoms with Crippen molar-refractivity contribution in [3.63, 3.8) is 0 Å². The van der Waals surface area contributed by atoms with Crippen LogP contribution in [0.4, 0.5) is 4.79 Å². The molecule has 0 saturated carbocycles. The number of amides is 3. The largest absolute Gasteiger partial charge is 0.479 e. The molecule has 1 saturated heterocycles. The number of carboxylic acid groups (broad SMARTS) is 1. The van der Waals surface area contributed by atoms with Crippen LogP contribution >= 0.6 is 0 Å². The molecule has 9 nitrogen and oxygen atoms in total. The van der Waals surface area contributed by atoms with Crippen molar-refractivity contribution >= 4 is 17.9 Å². The zero-order valence-corrected chi connectivity index (χ0v) is 11.7. The number of aliphatic hydroxyl groups is 1. The standard InChI is InChI=1S/C12H21N3O6/c16-9(11(18)19)1-3-13-12(20)14-4-2-10(17)15-5-7-21-8-6-15/h9,16H,1-8H2,(H,18,19)(H2,13,14,20)/t9-/m0/s1. The summed E-state index contributed by atoms with van der Waals surface area (Å²) in [5.74, 6) is -1.37. The molecule has 0 aromatic rings. The van der Waals surface area contributed by atoms with Crippen LogP contribution in [0.1, 0.15) is 12.8 Å². The van der Waals surface area contributed by atoms with Gasteiger partial charge in [-0.15, -0.1) is 0 Å². The number of urea groups is 1. The van der Waals surface area contributed by atoms with E-state index in [2.05, 4.69) is 10.6 Å². The maximum Gasteiger partial charge on any atom is 0.332 e. The normalized spacial score (nSPS) is 16.1. The Bertz CT molecular complexity index is 370. The lowest BCUT2D eigenvalue weighted by Crippen LogP contribution is -2.43. The molecule has 21 heavy (non-hydrogen) atoms. The van der Waals surface area contributed by atoms with Crippen LogP contribution in [0.15, 0.2) is 0 Å². The van der Waals surface area contributed by atoms with Crippen LogP contribution in [0.25, 0.3) is 0 Å². The van der Waals surface area contributed by atoms with Crippen molar-refractivity contribution < 1.29 is 29.3 Å². The summed E-state index contributed by atoms with van der Waals surface area (Å²) >= 11 is 0. The Morgan fingerprint density at radius 1 is 1.14 bits per heavy atom. The number of rotatable bonds is 7. The van der Waals surface area contributed by atoms with Crippen LogP contribution in [0, 0.1) is 0 Å². The molecular formula is C12H21N3O6. The quantitative estimate of drug-likeness (QED) is 0.447. The molecule has 3 amide bonds. The lowest BCUT2D eigenvalue weighted by atomic mass is 10.2. The third-order valence-corrected chi connectivity index (χ3v) is 2.98. The van der Waals surface area contributed by atoms with E-state index >= 15 is 0 Å². The molecule has 1 heterocycles. The van der Waals surface area contributed by atoms with Crippen LogP contribution in [0.3, 0.4) is 0 Å². The predicted octanol–water partition coefficient (Wildman–Crippen LogP) is -1.63. The Morgan fingerprint density at radius 3 is 2.38 bits per heavy atom. The van der Waals surface area contributed by atoms with Crippen molar-refractivity contribution in [3.8, 4) is 0 Å². The number of ether oxygens (including phenoxy) is 1. The smallest absolute Gasteiger partial charge is 0.332 e. The average Bonchev–Trinajstić information content (AvgIpc) is 2.47. The summed E-state index contributed by atoms with van der Waals surface area (Å²) in [5, 5.41) is 22.3. The molecule has 0 aliphatic carbocycles. The van der Waals surface area contributed by atoms with Gasteiger partial charge >= 0.3 is 12.0 Å². The van der Waals surface area contributed by atoms with E-state index in [1.165, 1.54) is 0 Å². The zero-order valence-electron chi connectivity index (χ0n) is 11.7. The zero-order chi connectivity index (χ0) is 15.7. The molecule has 0 aromatic heterocycles. The lowest BCUT2D eigenvalue weighted by molar-refractivity contribution is -0.146. The first-order chi connectivity index (χ1) is 10.0. The fraction of sp³-hybridized carbons (Fsp3) is 0.750. The second kappa shape index (κ2) is 9.14. The van der Waals surface area contributed by atoms with E-state index in [0.717, 1.165) is 0 Å². The van der Waals surface area contributed by atoms with Gasteiger partial charge in [0.25, 0.3) is 0 Å². The van der Waals surface area contributed by atoms with Gasteiger partial charge in [-0.3, -0.25) is 4.79 Å². The van der Waals surface area contributed by atoms with Gasteiger partial charge < -0.3 is 30.5 Å². The van der Waals surface area contributed by atoms with Gasteiger partial charge in [0.2, 0.25) is 5.91 Å². The van der Waals surface area contributed by atoms with Crippen molar-refractivity contribution in [2.45, 2.75) is 18.9 Å². The van der Waals surface area contributed by atoms with E-state index < -0.39 is 18.1 Å². The number of hydrogen-bond donors (Lipinski definition) is 4. The minimum absolute atomic E-state index is 0.0384. The van der Waals surface area contributed by atoms with Crippen molar-refractivity contribution in [1.82, 2.24) is 15.5 Å². The highest BCUT2D eigenvalue weighted by Gasteiger charge is 2.16. The molecule has 0 radical (unpaired) electrons. The van der Waals surface area contributed by atoms with Crippen LogP contribution < -0.4 is 10.6 Å². The Morgan fingerprint density at radius 2 is 1.76 bits per heavy atom. The van der Waals surface area contributed by atoms with Gasteiger partial charge in [0.1, 0.15) is 0 Å². The Balaban J connectivity index is 2.07. The summed E-state index contributed by atoms with van der Waals surface area (Å²) in [7, 11) is 0. The number of nitrogens with one attached hydrogen (secondary N) is 2. The Hall–Kier alpha value is -1.87. The monoisotopic (exact) mass is 303 g/mol. The highest BCUT2D eigenvalue weighted by molar-refractivity contribution is 5.78. The topological polar surface area (TPSA) is 128 Å². The SMILES string of the molecule is O=C(NCCC(=O)N1CCOCC1)NCC[C@H](O)C(=O)O. The molecule has 0 aromatic carbocycles. The number of hydrogen-bond acceptors (Lipinski definition) is 5. The molecule has 1 atom stereocenters. The molecule has 1 aliphatic rings. The van der Waals surface area contributed by atoms with Crippen molar-refractivity contribution in [1.29, 1.82) is 0 Å². The van der Waals surface area contributed by atoms with Crippen LogP contribution in [0.5, 0.6) is 0 Å². The minimum Gasteiger partial charge on any atom is -0.479 e. The van der Waals surface area contributed by atoms with E-state index in [-0.39, 0.29) is 31.8 Å². The maximum absolute atomic E-state index is 11.8.